The predicted molar refractivity (Wildman–Crippen MR) is 39.6 cm³/mol. The van der Waals surface area contributed by atoms with Gasteiger partial charge in [-0.1, -0.05) is 11.6 Å². The summed E-state index contributed by atoms with van der Waals surface area (Å²) in [6.45, 7) is 0. The van der Waals surface area contributed by atoms with Gasteiger partial charge in [0.15, 0.2) is 23.1 Å². The molecule has 0 amide bonds. The second kappa shape index (κ2) is 3.15. The second-order valence-corrected chi connectivity index (χ2v) is 2.44. The quantitative estimate of drug-likeness (QED) is 0.696. The molecule has 0 aromatic heterocycles. The molecule has 0 atom stereocenters. The lowest BCUT2D eigenvalue weighted by atomic mass is 10.3. The number of benzene rings is 1. The van der Waals surface area contributed by atoms with Crippen molar-refractivity contribution in [2.45, 2.75) is 0 Å². The highest BCUT2D eigenvalue weighted by atomic mass is 35.5. The standard InChI is InChI=1S/C7H5ClF2O2/c1-12-7-4(9)2-3(8)5(10)6(7)11/h2,11H,1H3. The van der Waals surface area contributed by atoms with Crippen molar-refractivity contribution in [2.24, 2.45) is 0 Å². The molecule has 0 radical (unpaired) electrons. The monoisotopic (exact) mass is 194 g/mol. The Balaban J connectivity index is 3.40. The van der Waals surface area contributed by atoms with Crippen LogP contribution in [0.15, 0.2) is 6.07 Å². The summed E-state index contributed by atoms with van der Waals surface area (Å²) in [5, 5.41) is 8.45. The summed E-state index contributed by atoms with van der Waals surface area (Å²) in [5.41, 5.74) is 0. The highest BCUT2D eigenvalue weighted by Crippen LogP contribution is 2.35. The van der Waals surface area contributed by atoms with E-state index in [0.717, 1.165) is 13.2 Å². The van der Waals surface area contributed by atoms with Gasteiger partial charge in [-0.15, -0.1) is 0 Å². The molecule has 0 fully saturated rings. The molecule has 2 nitrogen and oxygen atoms in total. The lowest BCUT2D eigenvalue weighted by molar-refractivity contribution is 0.337. The number of phenolic OH excluding ortho intramolecular Hbond substituents is 1. The van der Waals surface area contributed by atoms with Crippen molar-refractivity contribution in [3.05, 3.63) is 22.7 Å². The Kier molecular flexibility index (Phi) is 2.38. The van der Waals surface area contributed by atoms with Crippen molar-refractivity contribution in [1.82, 2.24) is 0 Å². The molecule has 12 heavy (non-hydrogen) atoms. The van der Waals surface area contributed by atoms with Crippen LogP contribution in [-0.4, -0.2) is 12.2 Å². The van der Waals surface area contributed by atoms with Crippen LogP contribution in [0.3, 0.4) is 0 Å². The van der Waals surface area contributed by atoms with Gasteiger partial charge in [-0.25, -0.2) is 8.78 Å². The van der Waals surface area contributed by atoms with E-state index in [1.54, 1.807) is 0 Å². The van der Waals surface area contributed by atoms with Crippen LogP contribution in [-0.2, 0) is 0 Å². The van der Waals surface area contributed by atoms with Crippen LogP contribution in [0.5, 0.6) is 11.5 Å². The van der Waals surface area contributed by atoms with Crippen LogP contribution in [0.25, 0.3) is 0 Å². The fraction of sp³-hybridized carbons (Fsp3) is 0.143. The molecule has 1 rings (SSSR count). The molecular weight excluding hydrogens is 190 g/mol. The fourth-order valence-electron chi connectivity index (χ4n) is 0.760. The van der Waals surface area contributed by atoms with E-state index < -0.39 is 28.2 Å². The Bertz CT molecular complexity index is 315. The van der Waals surface area contributed by atoms with Gasteiger partial charge in [-0.3, -0.25) is 0 Å². The minimum absolute atomic E-state index is 0.481. The molecule has 0 saturated heterocycles. The van der Waals surface area contributed by atoms with Gasteiger partial charge in [0, 0.05) is 0 Å². The summed E-state index contributed by atoms with van der Waals surface area (Å²) in [5.74, 6) is -3.45. The largest absolute Gasteiger partial charge is 0.502 e. The van der Waals surface area contributed by atoms with Crippen LogP contribution in [0.1, 0.15) is 0 Å². The minimum atomic E-state index is -1.09. The lowest BCUT2D eigenvalue weighted by Gasteiger charge is -2.05. The van der Waals surface area contributed by atoms with Crippen molar-refractivity contribution >= 4 is 11.6 Å². The van der Waals surface area contributed by atoms with E-state index in [0.29, 0.717) is 0 Å². The lowest BCUT2D eigenvalue weighted by Crippen LogP contribution is -1.91. The molecule has 0 spiro atoms. The number of aromatic hydroxyl groups is 1. The first-order valence-electron chi connectivity index (χ1n) is 2.98. The van der Waals surface area contributed by atoms with Gasteiger partial charge in [-0.2, -0.15) is 0 Å². The average molecular weight is 195 g/mol. The van der Waals surface area contributed by atoms with E-state index in [1.807, 2.05) is 0 Å². The topological polar surface area (TPSA) is 29.5 Å². The summed E-state index contributed by atoms with van der Waals surface area (Å²) in [4.78, 5) is 0. The minimum Gasteiger partial charge on any atom is -0.502 e. The van der Waals surface area contributed by atoms with E-state index >= 15 is 0 Å². The third kappa shape index (κ3) is 1.30. The zero-order chi connectivity index (χ0) is 9.30. The van der Waals surface area contributed by atoms with Crippen molar-refractivity contribution in [3.8, 4) is 11.5 Å². The highest BCUT2D eigenvalue weighted by molar-refractivity contribution is 6.30. The Hall–Kier alpha value is -1.03. The van der Waals surface area contributed by atoms with Gasteiger partial charge in [0.05, 0.1) is 12.1 Å². The molecule has 0 aliphatic heterocycles. The maximum absolute atomic E-state index is 12.8. The van der Waals surface area contributed by atoms with Crippen LogP contribution in [0.4, 0.5) is 8.78 Å². The Morgan fingerprint density at radius 2 is 2.08 bits per heavy atom. The molecule has 0 saturated carbocycles. The highest BCUT2D eigenvalue weighted by Gasteiger charge is 2.17. The molecule has 0 bridgehead atoms. The van der Waals surface area contributed by atoms with Crippen LogP contribution in [0.2, 0.25) is 5.02 Å². The average Bonchev–Trinajstić information content (AvgIpc) is 2.01. The molecule has 1 aromatic rings. The summed E-state index contributed by atoms with van der Waals surface area (Å²) >= 11 is 5.22. The van der Waals surface area contributed by atoms with Crippen LogP contribution >= 0.6 is 11.6 Å². The number of halogens is 3. The van der Waals surface area contributed by atoms with Crippen molar-refractivity contribution in [1.29, 1.82) is 0 Å². The number of phenols is 1. The van der Waals surface area contributed by atoms with Crippen molar-refractivity contribution < 1.29 is 18.6 Å². The molecule has 1 N–H and O–H groups in total. The van der Waals surface area contributed by atoms with E-state index in [1.165, 1.54) is 0 Å². The van der Waals surface area contributed by atoms with Gasteiger partial charge < -0.3 is 9.84 Å². The molecule has 0 unspecified atom stereocenters. The normalized spacial score (nSPS) is 10.0. The first-order chi connectivity index (χ1) is 5.57. The number of rotatable bonds is 1. The van der Waals surface area contributed by atoms with E-state index in [9.17, 15) is 8.78 Å². The SMILES string of the molecule is COc1c(F)cc(Cl)c(F)c1O. The maximum Gasteiger partial charge on any atom is 0.199 e. The van der Waals surface area contributed by atoms with Gasteiger partial charge >= 0.3 is 0 Å². The van der Waals surface area contributed by atoms with E-state index in [2.05, 4.69) is 4.74 Å². The molecule has 5 heteroatoms. The van der Waals surface area contributed by atoms with Gasteiger partial charge in [0.25, 0.3) is 0 Å². The number of ether oxygens (including phenoxy) is 1. The third-order valence-corrected chi connectivity index (χ3v) is 1.58. The second-order valence-electron chi connectivity index (χ2n) is 2.04. The van der Waals surface area contributed by atoms with Gasteiger partial charge in [0.2, 0.25) is 0 Å². The van der Waals surface area contributed by atoms with Crippen LogP contribution in [0, 0.1) is 11.6 Å². The van der Waals surface area contributed by atoms with Crippen molar-refractivity contribution in [3.63, 3.8) is 0 Å². The van der Waals surface area contributed by atoms with E-state index in [4.69, 9.17) is 16.7 Å². The maximum atomic E-state index is 12.8. The summed E-state index contributed by atoms with van der Waals surface area (Å²) in [7, 11) is 1.12. The zero-order valence-electron chi connectivity index (χ0n) is 6.07. The smallest absolute Gasteiger partial charge is 0.199 e. The zero-order valence-corrected chi connectivity index (χ0v) is 6.82. The Morgan fingerprint density at radius 1 is 1.50 bits per heavy atom. The Morgan fingerprint density at radius 3 is 2.58 bits per heavy atom. The predicted octanol–water partition coefficient (Wildman–Crippen LogP) is 2.33. The third-order valence-electron chi connectivity index (χ3n) is 1.31. The molecule has 0 aliphatic carbocycles. The fourth-order valence-corrected chi connectivity index (χ4v) is 0.946. The van der Waals surface area contributed by atoms with Crippen molar-refractivity contribution in [2.75, 3.05) is 7.11 Å². The first-order valence-corrected chi connectivity index (χ1v) is 3.36. The number of hydrogen-bond donors (Lipinski definition) is 1. The molecule has 66 valence electrons. The molecule has 0 heterocycles. The summed E-state index contributed by atoms with van der Waals surface area (Å²) < 4.78 is 29.9. The number of methoxy groups -OCH3 is 1. The van der Waals surface area contributed by atoms with E-state index in [-0.39, 0.29) is 0 Å². The number of hydrogen-bond acceptors (Lipinski definition) is 2. The molecule has 0 aliphatic rings. The molecule has 1 aromatic carbocycles. The summed E-state index contributed by atoms with van der Waals surface area (Å²) in [6.07, 6.45) is 0. The Labute approximate surface area is 72.3 Å². The first kappa shape index (κ1) is 9.06. The van der Waals surface area contributed by atoms with Crippen LogP contribution < -0.4 is 4.74 Å². The van der Waals surface area contributed by atoms with Gasteiger partial charge in [0.1, 0.15) is 0 Å². The van der Waals surface area contributed by atoms with Gasteiger partial charge in [-0.05, 0) is 6.07 Å². The molecular formula is C7H5ClF2O2. The summed E-state index contributed by atoms with van der Waals surface area (Å²) in [6, 6.07) is 0.732.